The van der Waals surface area contributed by atoms with E-state index < -0.39 is 0 Å². The van der Waals surface area contributed by atoms with Gasteiger partial charge < -0.3 is 18.9 Å². The van der Waals surface area contributed by atoms with Crippen molar-refractivity contribution < 1.29 is 18.9 Å². The van der Waals surface area contributed by atoms with Crippen molar-refractivity contribution >= 4 is 11.6 Å². The van der Waals surface area contributed by atoms with Gasteiger partial charge in [0.15, 0.2) is 23.0 Å². The van der Waals surface area contributed by atoms with E-state index in [9.17, 15) is 0 Å². The van der Waals surface area contributed by atoms with Crippen molar-refractivity contribution in [1.82, 2.24) is 4.90 Å². The zero-order valence-electron chi connectivity index (χ0n) is 18.9. The summed E-state index contributed by atoms with van der Waals surface area (Å²) in [6.07, 6.45) is 0.902. The second kappa shape index (κ2) is 9.72. The van der Waals surface area contributed by atoms with Gasteiger partial charge in [-0.25, -0.2) is 0 Å². The Morgan fingerprint density at radius 1 is 0.844 bits per heavy atom. The molecule has 0 amide bonds. The van der Waals surface area contributed by atoms with Crippen molar-refractivity contribution in [2.24, 2.45) is 0 Å². The quantitative estimate of drug-likeness (QED) is 0.471. The van der Waals surface area contributed by atoms with Crippen LogP contribution in [0.1, 0.15) is 28.3 Å². The molecule has 1 aliphatic rings. The Hall–Kier alpha value is -2.89. The van der Waals surface area contributed by atoms with E-state index in [1.807, 2.05) is 30.3 Å². The van der Waals surface area contributed by atoms with Crippen LogP contribution in [0.5, 0.6) is 23.0 Å². The normalized spacial score (nSPS) is 15.7. The molecule has 1 atom stereocenters. The van der Waals surface area contributed by atoms with Crippen LogP contribution in [-0.4, -0.2) is 39.9 Å². The highest BCUT2D eigenvalue weighted by atomic mass is 35.5. The molecule has 1 heterocycles. The highest BCUT2D eigenvalue weighted by molar-refractivity contribution is 6.30. The number of rotatable bonds is 7. The van der Waals surface area contributed by atoms with Crippen LogP contribution in [0.25, 0.3) is 0 Å². The summed E-state index contributed by atoms with van der Waals surface area (Å²) < 4.78 is 22.4. The van der Waals surface area contributed by atoms with Gasteiger partial charge in [0.25, 0.3) is 0 Å². The average molecular weight is 454 g/mol. The molecular formula is C26H28ClNO4. The van der Waals surface area contributed by atoms with Gasteiger partial charge in [-0.2, -0.15) is 0 Å². The van der Waals surface area contributed by atoms with Crippen molar-refractivity contribution in [2.45, 2.75) is 19.0 Å². The van der Waals surface area contributed by atoms with Gasteiger partial charge in [-0.3, -0.25) is 4.90 Å². The summed E-state index contributed by atoms with van der Waals surface area (Å²) in [5, 5.41) is 0.717. The molecule has 5 nitrogen and oxygen atoms in total. The third-order valence-corrected chi connectivity index (χ3v) is 6.23. The van der Waals surface area contributed by atoms with E-state index in [4.69, 9.17) is 30.5 Å². The summed E-state index contributed by atoms with van der Waals surface area (Å²) in [5.74, 6) is 2.96. The van der Waals surface area contributed by atoms with Crippen molar-refractivity contribution in [3.05, 3.63) is 81.9 Å². The van der Waals surface area contributed by atoms with Crippen LogP contribution >= 0.6 is 11.6 Å². The molecule has 1 aliphatic heterocycles. The highest BCUT2D eigenvalue weighted by Gasteiger charge is 2.31. The topological polar surface area (TPSA) is 40.2 Å². The first-order valence-electron chi connectivity index (χ1n) is 10.5. The monoisotopic (exact) mass is 453 g/mol. The highest BCUT2D eigenvalue weighted by Crippen LogP contribution is 2.43. The Morgan fingerprint density at radius 2 is 1.56 bits per heavy atom. The second-order valence-corrected chi connectivity index (χ2v) is 8.17. The smallest absolute Gasteiger partial charge is 0.165 e. The molecule has 3 aromatic rings. The van der Waals surface area contributed by atoms with Crippen molar-refractivity contribution in [2.75, 3.05) is 35.0 Å². The fourth-order valence-electron chi connectivity index (χ4n) is 4.53. The van der Waals surface area contributed by atoms with E-state index in [1.165, 1.54) is 11.1 Å². The number of ether oxygens (including phenoxy) is 4. The van der Waals surface area contributed by atoms with E-state index in [0.29, 0.717) is 11.6 Å². The molecule has 0 saturated heterocycles. The predicted octanol–water partition coefficient (Wildman–Crippen LogP) is 5.52. The number of para-hydroxylation sites is 1. The first-order chi connectivity index (χ1) is 15.6. The molecule has 0 bridgehead atoms. The van der Waals surface area contributed by atoms with Crippen molar-refractivity contribution in [1.29, 1.82) is 0 Å². The number of hydrogen-bond donors (Lipinski definition) is 0. The minimum atomic E-state index is 0.00756. The maximum atomic E-state index is 6.39. The summed E-state index contributed by atoms with van der Waals surface area (Å²) in [6.45, 7) is 1.57. The minimum Gasteiger partial charge on any atom is -0.493 e. The Morgan fingerprint density at radius 3 is 2.25 bits per heavy atom. The Labute approximate surface area is 194 Å². The first-order valence-corrected chi connectivity index (χ1v) is 10.9. The zero-order valence-corrected chi connectivity index (χ0v) is 19.6. The number of fused-ring (bicyclic) bond motifs is 1. The zero-order chi connectivity index (χ0) is 22.7. The molecular weight excluding hydrogens is 426 g/mol. The molecule has 3 aromatic carbocycles. The van der Waals surface area contributed by atoms with Gasteiger partial charge in [0.2, 0.25) is 0 Å². The van der Waals surface area contributed by atoms with Crippen LogP contribution in [0.4, 0.5) is 0 Å². The number of halogens is 1. The fourth-order valence-corrected chi connectivity index (χ4v) is 4.73. The molecule has 0 aromatic heterocycles. The number of benzene rings is 3. The van der Waals surface area contributed by atoms with Gasteiger partial charge in [0.1, 0.15) is 0 Å². The lowest BCUT2D eigenvalue weighted by Gasteiger charge is -2.38. The molecule has 0 unspecified atom stereocenters. The number of nitrogens with zero attached hydrogens (tertiary/aromatic N) is 1. The Bertz CT molecular complexity index is 1100. The molecule has 168 valence electrons. The molecule has 4 rings (SSSR count). The second-order valence-electron chi connectivity index (χ2n) is 7.74. The van der Waals surface area contributed by atoms with Crippen LogP contribution < -0.4 is 18.9 Å². The SMILES string of the molecule is COc1cc2c(cc1OC)[C@@H](c1cccc(Cl)c1)N(Cc1cccc(OC)c1OC)CC2. The van der Waals surface area contributed by atoms with E-state index in [1.54, 1.807) is 28.4 Å². The number of hydrogen-bond acceptors (Lipinski definition) is 5. The van der Waals surface area contributed by atoms with Gasteiger partial charge in [-0.15, -0.1) is 0 Å². The lowest BCUT2D eigenvalue weighted by molar-refractivity contribution is 0.200. The van der Waals surface area contributed by atoms with Crippen LogP contribution in [0.2, 0.25) is 5.02 Å². The first kappa shape index (κ1) is 22.3. The largest absolute Gasteiger partial charge is 0.493 e. The third-order valence-electron chi connectivity index (χ3n) is 6.00. The Balaban J connectivity index is 1.82. The maximum Gasteiger partial charge on any atom is 0.165 e. The third kappa shape index (κ3) is 4.23. The molecule has 0 fully saturated rings. The fraction of sp³-hybridized carbons (Fsp3) is 0.308. The summed E-state index contributed by atoms with van der Waals surface area (Å²) in [4.78, 5) is 2.44. The summed E-state index contributed by atoms with van der Waals surface area (Å²) in [6, 6.07) is 18.2. The summed E-state index contributed by atoms with van der Waals surface area (Å²) >= 11 is 6.39. The van der Waals surface area contributed by atoms with Crippen LogP contribution in [0.3, 0.4) is 0 Å². The van der Waals surface area contributed by atoms with Crippen LogP contribution in [-0.2, 0) is 13.0 Å². The van der Waals surface area contributed by atoms with Crippen LogP contribution in [0.15, 0.2) is 54.6 Å². The predicted molar refractivity (Wildman–Crippen MR) is 127 cm³/mol. The molecule has 0 saturated carbocycles. The molecule has 0 spiro atoms. The summed E-state index contributed by atoms with van der Waals surface area (Å²) in [7, 11) is 6.68. The average Bonchev–Trinajstić information content (AvgIpc) is 2.82. The lowest BCUT2D eigenvalue weighted by atomic mass is 9.87. The summed E-state index contributed by atoms with van der Waals surface area (Å²) in [5.41, 5.74) is 4.65. The van der Waals surface area contributed by atoms with Gasteiger partial charge in [-0.1, -0.05) is 35.9 Å². The van der Waals surface area contributed by atoms with Gasteiger partial charge in [0, 0.05) is 23.7 Å². The molecule has 0 radical (unpaired) electrons. The van der Waals surface area contributed by atoms with Crippen LogP contribution in [0, 0.1) is 0 Å². The van der Waals surface area contributed by atoms with Gasteiger partial charge in [-0.05, 0) is 53.4 Å². The van der Waals surface area contributed by atoms with E-state index in [0.717, 1.165) is 47.1 Å². The van der Waals surface area contributed by atoms with Crippen molar-refractivity contribution in [3.8, 4) is 23.0 Å². The molecule has 32 heavy (non-hydrogen) atoms. The van der Waals surface area contributed by atoms with Gasteiger partial charge >= 0.3 is 0 Å². The Kier molecular flexibility index (Phi) is 6.77. The molecule has 6 heteroatoms. The van der Waals surface area contributed by atoms with E-state index in [2.05, 4.69) is 29.2 Å². The van der Waals surface area contributed by atoms with E-state index in [-0.39, 0.29) is 6.04 Å². The minimum absolute atomic E-state index is 0.00756. The molecule has 0 aliphatic carbocycles. The van der Waals surface area contributed by atoms with Gasteiger partial charge in [0.05, 0.1) is 34.5 Å². The van der Waals surface area contributed by atoms with Crippen molar-refractivity contribution in [3.63, 3.8) is 0 Å². The van der Waals surface area contributed by atoms with E-state index >= 15 is 0 Å². The maximum absolute atomic E-state index is 6.39. The lowest BCUT2D eigenvalue weighted by Crippen LogP contribution is -2.36. The number of methoxy groups -OCH3 is 4. The standard InChI is InChI=1S/C26H28ClNO4/c1-29-22-10-6-8-19(26(22)32-4)16-28-12-11-17-14-23(30-2)24(31-3)15-21(17)25(28)18-7-5-9-20(27)13-18/h5-10,13-15,25H,11-12,16H2,1-4H3/t25-/m1/s1. The molecule has 0 N–H and O–H groups in total.